The SMILES string of the molecule is CCN(Cc1ccco1)Cc1ccc(F)cc1C(N)=S. The summed E-state index contributed by atoms with van der Waals surface area (Å²) in [6.07, 6.45) is 1.65. The van der Waals surface area contributed by atoms with Crippen LogP contribution in [0, 0.1) is 5.82 Å². The molecule has 0 aliphatic heterocycles. The minimum absolute atomic E-state index is 0.216. The third-order valence-electron chi connectivity index (χ3n) is 3.14. The Morgan fingerprint density at radius 3 is 2.75 bits per heavy atom. The first-order valence-corrected chi connectivity index (χ1v) is 6.84. The Balaban J connectivity index is 2.17. The van der Waals surface area contributed by atoms with Gasteiger partial charge in [-0.25, -0.2) is 4.39 Å². The van der Waals surface area contributed by atoms with E-state index in [1.165, 1.54) is 12.1 Å². The molecule has 5 heteroatoms. The molecule has 1 aromatic carbocycles. The van der Waals surface area contributed by atoms with Gasteiger partial charge in [0.05, 0.1) is 12.8 Å². The van der Waals surface area contributed by atoms with E-state index >= 15 is 0 Å². The van der Waals surface area contributed by atoms with Crippen molar-refractivity contribution < 1.29 is 8.81 Å². The second kappa shape index (κ2) is 6.63. The van der Waals surface area contributed by atoms with E-state index in [0.29, 0.717) is 18.7 Å². The van der Waals surface area contributed by atoms with Gasteiger partial charge in [-0.1, -0.05) is 25.2 Å². The van der Waals surface area contributed by atoms with Gasteiger partial charge < -0.3 is 10.2 Å². The van der Waals surface area contributed by atoms with Crippen LogP contribution in [0.4, 0.5) is 4.39 Å². The van der Waals surface area contributed by atoms with Crippen LogP contribution in [0.2, 0.25) is 0 Å². The van der Waals surface area contributed by atoms with Crippen molar-refractivity contribution in [2.75, 3.05) is 6.54 Å². The maximum atomic E-state index is 13.3. The molecule has 0 saturated heterocycles. The van der Waals surface area contributed by atoms with Crippen LogP contribution in [0.5, 0.6) is 0 Å². The molecule has 2 aromatic rings. The quantitative estimate of drug-likeness (QED) is 0.831. The van der Waals surface area contributed by atoms with Crippen molar-refractivity contribution in [3.8, 4) is 0 Å². The van der Waals surface area contributed by atoms with Crippen LogP contribution in [-0.2, 0) is 13.1 Å². The van der Waals surface area contributed by atoms with Crippen molar-refractivity contribution in [3.63, 3.8) is 0 Å². The Morgan fingerprint density at radius 2 is 2.15 bits per heavy atom. The van der Waals surface area contributed by atoms with Gasteiger partial charge in [0, 0.05) is 12.1 Å². The summed E-state index contributed by atoms with van der Waals surface area (Å²) in [4.78, 5) is 2.39. The summed E-state index contributed by atoms with van der Waals surface area (Å²) in [7, 11) is 0. The van der Waals surface area contributed by atoms with Crippen LogP contribution in [0.3, 0.4) is 0 Å². The predicted molar refractivity (Wildman–Crippen MR) is 80.8 cm³/mol. The molecule has 0 atom stereocenters. The predicted octanol–water partition coefficient (Wildman–Crippen LogP) is 3.08. The van der Waals surface area contributed by atoms with Crippen LogP contribution in [0.15, 0.2) is 41.0 Å². The molecule has 0 fully saturated rings. The van der Waals surface area contributed by atoms with Gasteiger partial charge in [-0.3, -0.25) is 4.90 Å². The largest absolute Gasteiger partial charge is 0.468 e. The molecule has 20 heavy (non-hydrogen) atoms. The van der Waals surface area contributed by atoms with Gasteiger partial charge in [0.1, 0.15) is 16.6 Å². The highest BCUT2D eigenvalue weighted by molar-refractivity contribution is 7.80. The topological polar surface area (TPSA) is 42.4 Å². The lowest BCUT2D eigenvalue weighted by Gasteiger charge is -2.20. The maximum Gasteiger partial charge on any atom is 0.123 e. The van der Waals surface area contributed by atoms with E-state index in [2.05, 4.69) is 11.8 Å². The second-order valence-corrected chi connectivity index (χ2v) is 4.99. The molecular weight excluding hydrogens is 275 g/mol. The Labute approximate surface area is 123 Å². The molecule has 0 amide bonds. The molecule has 3 nitrogen and oxygen atoms in total. The van der Waals surface area contributed by atoms with Crippen LogP contribution in [-0.4, -0.2) is 16.4 Å². The van der Waals surface area contributed by atoms with Gasteiger partial charge in [0.2, 0.25) is 0 Å². The van der Waals surface area contributed by atoms with E-state index in [1.54, 1.807) is 12.3 Å². The summed E-state index contributed by atoms with van der Waals surface area (Å²) in [5.74, 6) is 0.566. The van der Waals surface area contributed by atoms with Gasteiger partial charge in [0.15, 0.2) is 0 Å². The molecule has 2 rings (SSSR count). The van der Waals surface area contributed by atoms with E-state index in [4.69, 9.17) is 22.4 Å². The Morgan fingerprint density at radius 1 is 1.35 bits per heavy atom. The van der Waals surface area contributed by atoms with Crippen LogP contribution in [0.25, 0.3) is 0 Å². The highest BCUT2D eigenvalue weighted by Gasteiger charge is 2.12. The van der Waals surface area contributed by atoms with E-state index in [9.17, 15) is 4.39 Å². The Bertz CT molecular complexity index is 584. The fourth-order valence-electron chi connectivity index (χ4n) is 2.06. The second-order valence-electron chi connectivity index (χ2n) is 4.55. The highest BCUT2D eigenvalue weighted by Crippen LogP contribution is 2.16. The van der Waals surface area contributed by atoms with Crippen molar-refractivity contribution in [1.29, 1.82) is 0 Å². The lowest BCUT2D eigenvalue weighted by Crippen LogP contribution is -2.24. The van der Waals surface area contributed by atoms with Crippen molar-refractivity contribution in [2.24, 2.45) is 5.73 Å². The first-order valence-electron chi connectivity index (χ1n) is 6.43. The average molecular weight is 292 g/mol. The molecule has 0 aliphatic rings. The number of hydrogen-bond donors (Lipinski definition) is 1. The zero-order valence-electron chi connectivity index (χ0n) is 11.3. The summed E-state index contributed by atoms with van der Waals surface area (Å²) < 4.78 is 18.6. The van der Waals surface area contributed by atoms with Gasteiger partial charge in [0.25, 0.3) is 0 Å². The van der Waals surface area contributed by atoms with E-state index in [1.807, 2.05) is 12.1 Å². The number of hydrogen-bond acceptors (Lipinski definition) is 3. The zero-order valence-corrected chi connectivity index (χ0v) is 12.1. The Hall–Kier alpha value is -1.72. The lowest BCUT2D eigenvalue weighted by atomic mass is 10.1. The molecule has 2 N–H and O–H groups in total. The van der Waals surface area contributed by atoms with Gasteiger partial charge in [-0.2, -0.15) is 0 Å². The number of thiocarbonyl (C=S) groups is 1. The number of rotatable bonds is 6. The number of furan rings is 1. The molecule has 0 saturated carbocycles. The molecule has 0 spiro atoms. The third kappa shape index (κ3) is 3.65. The first kappa shape index (κ1) is 14.7. The zero-order chi connectivity index (χ0) is 14.5. The minimum atomic E-state index is -0.328. The van der Waals surface area contributed by atoms with E-state index < -0.39 is 0 Å². The summed E-state index contributed by atoms with van der Waals surface area (Å²) in [6, 6.07) is 8.34. The lowest BCUT2D eigenvalue weighted by molar-refractivity contribution is 0.247. The van der Waals surface area contributed by atoms with Crippen molar-refractivity contribution >= 4 is 17.2 Å². The minimum Gasteiger partial charge on any atom is -0.468 e. The van der Waals surface area contributed by atoms with Gasteiger partial charge in [-0.05, 0) is 36.4 Å². The summed E-state index contributed by atoms with van der Waals surface area (Å²) >= 11 is 4.99. The average Bonchev–Trinajstić information content (AvgIpc) is 2.92. The molecule has 0 radical (unpaired) electrons. The van der Waals surface area contributed by atoms with Crippen molar-refractivity contribution in [2.45, 2.75) is 20.0 Å². The monoisotopic (exact) mass is 292 g/mol. The van der Waals surface area contributed by atoms with Crippen molar-refractivity contribution in [1.82, 2.24) is 4.90 Å². The molecule has 0 unspecified atom stereocenters. The maximum absolute atomic E-state index is 13.3. The smallest absolute Gasteiger partial charge is 0.123 e. The van der Waals surface area contributed by atoms with E-state index in [-0.39, 0.29) is 10.8 Å². The van der Waals surface area contributed by atoms with Crippen LogP contribution < -0.4 is 5.73 Å². The molecule has 0 aliphatic carbocycles. The summed E-state index contributed by atoms with van der Waals surface area (Å²) in [5.41, 5.74) is 7.18. The number of nitrogens with zero attached hydrogens (tertiary/aromatic N) is 1. The summed E-state index contributed by atoms with van der Waals surface area (Å²) in [5, 5.41) is 0. The molecule has 1 heterocycles. The number of nitrogens with two attached hydrogens (primary N) is 1. The molecule has 106 valence electrons. The fraction of sp³-hybridized carbons (Fsp3) is 0.267. The van der Waals surface area contributed by atoms with E-state index in [0.717, 1.165) is 17.9 Å². The summed E-state index contributed by atoms with van der Waals surface area (Å²) in [6.45, 7) is 4.24. The van der Waals surface area contributed by atoms with Crippen LogP contribution in [0.1, 0.15) is 23.8 Å². The Kier molecular flexibility index (Phi) is 4.87. The normalized spacial score (nSPS) is 10.9. The molecule has 1 aromatic heterocycles. The molecule has 0 bridgehead atoms. The van der Waals surface area contributed by atoms with Crippen molar-refractivity contribution in [3.05, 3.63) is 59.3 Å². The number of halogens is 1. The highest BCUT2D eigenvalue weighted by atomic mass is 32.1. The number of benzene rings is 1. The first-order chi connectivity index (χ1) is 9.60. The van der Waals surface area contributed by atoms with Crippen LogP contribution >= 0.6 is 12.2 Å². The van der Waals surface area contributed by atoms with Gasteiger partial charge >= 0.3 is 0 Å². The van der Waals surface area contributed by atoms with Gasteiger partial charge in [-0.15, -0.1) is 0 Å². The molecular formula is C15H17FN2OS. The standard InChI is InChI=1S/C15H17FN2OS/c1-2-18(10-13-4-3-7-19-13)9-11-5-6-12(16)8-14(11)15(17)20/h3-8H,2,9-10H2,1H3,(H2,17,20). The third-order valence-corrected chi connectivity index (χ3v) is 3.36. The fourth-order valence-corrected chi connectivity index (χ4v) is 2.25.